The fourth-order valence-electron chi connectivity index (χ4n) is 2.60. The standard InChI is InChI=1S/C20H15ClN2O4S/c21-14-8-9-28-19(14)17(24)11-18(25)22-16-10-13(12-4-2-1-3-5-12)6-7-15(16)23-20(26)27/h1-10,23H,11H2,(H,22,25)(H,26,27). The van der Waals surface area contributed by atoms with Gasteiger partial charge < -0.3 is 10.4 Å². The molecule has 0 aliphatic carbocycles. The van der Waals surface area contributed by atoms with Crippen molar-refractivity contribution in [2.75, 3.05) is 10.6 Å². The first-order valence-corrected chi connectivity index (χ1v) is 9.45. The number of Topliss-reactive ketones (excluding diaryl/α,β-unsaturated/α-hetero) is 1. The minimum absolute atomic E-state index is 0.210. The molecule has 0 saturated heterocycles. The Labute approximate surface area is 169 Å². The van der Waals surface area contributed by atoms with Crippen molar-refractivity contribution in [3.05, 3.63) is 69.9 Å². The molecule has 2 amide bonds. The molecule has 3 rings (SSSR count). The molecule has 1 aromatic heterocycles. The number of carbonyl (C=O) groups excluding carboxylic acids is 2. The zero-order valence-electron chi connectivity index (χ0n) is 14.4. The Hall–Kier alpha value is -3.16. The maximum atomic E-state index is 12.4. The topological polar surface area (TPSA) is 95.5 Å². The van der Waals surface area contributed by atoms with Crippen LogP contribution in [0.3, 0.4) is 0 Å². The third-order valence-corrected chi connectivity index (χ3v) is 5.22. The first kappa shape index (κ1) is 19.6. The Morgan fingerprint density at radius 2 is 1.68 bits per heavy atom. The largest absolute Gasteiger partial charge is 0.465 e. The van der Waals surface area contributed by atoms with Crippen LogP contribution in [-0.4, -0.2) is 22.9 Å². The summed E-state index contributed by atoms with van der Waals surface area (Å²) in [5, 5.41) is 15.9. The number of hydrogen-bond acceptors (Lipinski definition) is 4. The predicted octanol–water partition coefficient (Wildman–Crippen LogP) is 5.37. The van der Waals surface area contributed by atoms with Crippen molar-refractivity contribution in [2.45, 2.75) is 6.42 Å². The van der Waals surface area contributed by atoms with Gasteiger partial charge in [0.15, 0.2) is 5.78 Å². The highest BCUT2D eigenvalue weighted by Crippen LogP contribution is 2.30. The molecule has 0 atom stereocenters. The van der Waals surface area contributed by atoms with E-state index in [1.807, 2.05) is 30.3 Å². The van der Waals surface area contributed by atoms with Gasteiger partial charge in [-0.15, -0.1) is 11.3 Å². The van der Waals surface area contributed by atoms with Crippen LogP contribution in [0, 0.1) is 0 Å². The maximum Gasteiger partial charge on any atom is 0.409 e. The van der Waals surface area contributed by atoms with E-state index in [1.54, 1.807) is 29.6 Å². The zero-order valence-corrected chi connectivity index (χ0v) is 16.0. The highest BCUT2D eigenvalue weighted by Gasteiger charge is 2.18. The second-order valence-electron chi connectivity index (χ2n) is 5.80. The summed E-state index contributed by atoms with van der Waals surface area (Å²) in [6.45, 7) is 0. The lowest BCUT2D eigenvalue weighted by molar-refractivity contribution is -0.115. The van der Waals surface area contributed by atoms with Crippen molar-refractivity contribution < 1.29 is 19.5 Å². The van der Waals surface area contributed by atoms with E-state index in [4.69, 9.17) is 16.7 Å². The molecule has 0 fully saturated rings. The maximum absolute atomic E-state index is 12.4. The Morgan fingerprint density at radius 3 is 2.32 bits per heavy atom. The SMILES string of the molecule is O=C(O)Nc1ccc(-c2ccccc2)cc1NC(=O)CC(=O)c1sccc1Cl. The predicted molar refractivity (Wildman–Crippen MR) is 110 cm³/mol. The number of hydrogen-bond donors (Lipinski definition) is 3. The van der Waals surface area contributed by atoms with Crippen LogP contribution in [0.4, 0.5) is 16.2 Å². The van der Waals surface area contributed by atoms with Gasteiger partial charge in [0.25, 0.3) is 0 Å². The summed E-state index contributed by atoms with van der Waals surface area (Å²) >= 11 is 7.10. The second kappa shape index (κ2) is 8.69. The molecule has 3 aromatic rings. The van der Waals surface area contributed by atoms with Crippen LogP contribution < -0.4 is 10.6 Å². The summed E-state index contributed by atoms with van der Waals surface area (Å²) in [4.78, 5) is 36.0. The Bertz CT molecular complexity index is 1030. The highest BCUT2D eigenvalue weighted by molar-refractivity contribution is 7.12. The van der Waals surface area contributed by atoms with Gasteiger partial charge in [-0.3, -0.25) is 14.9 Å². The van der Waals surface area contributed by atoms with Gasteiger partial charge in [-0.1, -0.05) is 48.0 Å². The molecule has 0 aliphatic heterocycles. The fraction of sp³-hybridized carbons (Fsp3) is 0.0500. The third kappa shape index (κ3) is 4.76. The van der Waals surface area contributed by atoms with Crippen molar-refractivity contribution in [2.24, 2.45) is 0 Å². The zero-order chi connectivity index (χ0) is 20.1. The van der Waals surface area contributed by atoms with Crippen LogP contribution in [0.15, 0.2) is 60.0 Å². The minimum atomic E-state index is -1.26. The van der Waals surface area contributed by atoms with Gasteiger partial charge in [0.2, 0.25) is 5.91 Å². The molecule has 6 nitrogen and oxygen atoms in total. The van der Waals surface area contributed by atoms with Gasteiger partial charge in [0.1, 0.15) is 0 Å². The molecule has 0 radical (unpaired) electrons. The van der Waals surface area contributed by atoms with Crippen LogP contribution in [0.2, 0.25) is 5.02 Å². The minimum Gasteiger partial charge on any atom is -0.465 e. The van der Waals surface area contributed by atoms with E-state index in [2.05, 4.69) is 10.6 Å². The molecule has 142 valence electrons. The molecule has 0 unspecified atom stereocenters. The van der Waals surface area contributed by atoms with Gasteiger partial charge in [0, 0.05) is 0 Å². The number of nitrogens with one attached hydrogen (secondary N) is 2. The number of ketones is 1. The lowest BCUT2D eigenvalue weighted by atomic mass is 10.0. The molecule has 8 heteroatoms. The number of amides is 2. The van der Waals surface area contributed by atoms with Crippen LogP contribution in [0.1, 0.15) is 16.1 Å². The van der Waals surface area contributed by atoms with Crippen molar-refractivity contribution in [3.8, 4) is 11.1 Å². The van der Waals surface area contributed by atoms with Crippen LogP contribution in [0.5, 0.6) is 0 Å². The van der Waals surface area contributed by atoms with E-state index < -0.39 is 24.2 Å². The van der Waals surface area contributed by atoms with Gasteiger partial charge >= 0.3 is 6.09 Å². The average molecular weight is 415 g/mol. The molecule has 0 aliphatic rings. The van der Waals surface area contributed by atoms with E-state index in [1.165, 1.54) is 11.3 Å². The van der Waals surface area contributed by atoms with Gasteiger partial charge in [-0.2, -0.15) is 0 Å². The quantitative estimate of drug-likeness (QED) is 0.373. The first-order valence-electron chi connectivity index (χ1n) is 8.19. The fourth-order valence-corrected chi connectivity index (χ4v) is 3.70. The molecule has 0 saturated carbocycles. The molecule has 2 aromatic carbocycles. The molecule has 0 spiro atoms. The summed E-state index contributed by atoms with van der Waals surface area (Å²) in [7, 11) is 0. The van der Waals surface area contributed by atoms with Crippen molar-refractivity contribution in [1.82, 2.24) is 0 Å². The van der Waals surface area contributed by atoms with Crippen molar-refractivity contribution in [1.29, 1.82) is 0 Å². The Balaban J connectivity index is 1.83. The third-order valence-electron chi connectivity index (χ3n) is 3.83. The van der Waals surface area contributed by atoms with Gasteiger partial charge in [-0.25, -0.2) is 4.79 Å². The second-order valence-corrected chi connectivity index (χ2v) is 7.13. The molecular weight excluding hydrogens is 400 g/mol. The number of carbonyl (C=O) groups is 3. The number of rotatable bonds is 6. The van der Waals surface area contributed by atoms with Crippen molar-refractivity contribution in [3.63, 3.8) is 0 Å². The summed E-state index contributed by atoms with van der Waals surface area (Å²) in [6.07, 6.45) is -1.66. The monoisotopic (exact) mass is 414 g/mol. The number of carboxylic acid groups (broad SMARTS) is 1. The molecule has 0 bridgehead atoms. The number of halogens is 1. The molecule has 1 heterocycles. The lowest BCUT2D eigenvalue weighted by Crippen LogP contribution is -2.18. The normalized spacial score (nSPS) is 10.3. The van der Waals surface area contributed by atoms with Crippen LogP contribution in [0.25, 0.3) is 11.1 Å². The van der Waals surface area contributed by atoms with Crippen LogP contribution >= 0.6 is 22.9 Å². The van der Waals surface area contributed by atoms with Gasteiger partial charge in [-0.05, 0) is 34.7 Å². The molecule has 3 N–H and O–H groups in total. The summed E-state index contributed by atoms with van der Waals surface area (Å²) in [6, 6.07) is 16.0. The van der Waals surface area contributed by atoms with Crippen molar-refractivity contribution >= 4 is 52.1 Å². The van der Waals surface area contributed by atoms with Gasteiger partial charge in [0.05, 0.1) is 27.7 Å². The Kier molecular flexibility index (Phi) is 6.08. The highest BCUT2D eigenvalue weighted by atomic mass is 35.5. The van der Waals surface area contributed by atoms with E-state index in [-0.39, 0.29) is 11.4 Å². The lowest BCUT2D eigenvalue weighted by Gasteiger charge is -2.13. The molecular formula is C20H15ClN2O4S. The van der Waals surface area contributed by atoms with E-state index in [0.717, 1.165) is 11.1 Å². The van der Waals surface area contributed by atoms with E-state index >= 15 is 0 Å². The summed E-state index contributed by atoms with van der Waals surface area (Å²) in [5.41, 5.74) is 2.17. The van der Waals surface area contributed by atoms with Crippen LogP contribution in [-0.2, 0) is 4.79 Å². The number of anilines is 2. The van der Waals surface area contributed by atoms with E-state index in [9.17, 15) is 14.4 Å². The first-order chi connectivity index (χ1) is 13.4. The van der Waals surface area contributed by atoms with E-state index in [0.29, 0.717) is 9.90 Å². The average Bonchev–Trinajstić information content (AvgIpc) is 3.09. The number of thiophene rings is 1. The number of benzene rings is 2. The smallest absolute Gasteiger partial charge is 0.409 e. The summed E-state index contributed by atoms with van der Waals surface area (Å²) in [5.74, 6) is -0.961. The Morgan fingerprint density at radius 1 is 0.929 bits per heavy atom. The molecule has 28 heavy (non-hydrogen) atoms. The summed E-state index contributed by atoms with van der Waals surface area (Å²) < 4.78 is 0.